The van der Waals surface area contributed by atoms with Gasteiger partial charge in [0, 0.05) is 24.1 Å². The molecule has 14 heteroatoms. The summed E-state index contributed by atoms with van der Waals surface area (Å²) in [6, 6.07) is 9.29. The zero-order chi connectivity index (χ0) is 37.3. The Kier molecular flexibility index (Phi) is 13.0. The Bertz CT molecular complexity index is 1670. The van der Waals surface area contributed by atoms with Crippen LogP contribution in [-0.4, -0.2) is 84.8 Å². The SMILES string of the molecule is CC(C)C(NC(=O)[C@@H]1CCCN1C(=O)C(NC(=O)CCCCC(C)(C)NC(=O)c1ccc(O)cn1)C(C)C)C(=O)c1nnc(-c2ccccc2)o1. The van der Waals surface area contributed by atoms with Crippen molar-refractivity contribution in [3.63, 3.8) is 0 Å². The zero-order valence-electron chi connectivity index (χ0n) is 30.1. The molecule has 0 radical (unpaired) electrons. The van der Waals surface area contributed by atoms with Gasteiger partial charge in [0.15, 0.2) is 0 Å². The number of hydrogen-bond donors (Lipinski definition) is 4. The van der Waals surface area contributed by atoms with Crippen LogP contribution in [0.15, 0.2) is 53.1 Å². The van der Waals surface area contributed by atoms with Gasteiger partial charge in [0.1, 0.15) is 23.5 Å². The van der Waals surface area contributed by atoms with E-state index >= 15 is 0 Å². The molecule has 4 N–H and O–H groups in total. The van der Waals surface area contributed by atoms with E-state index in [9.17, 15) is 29.1 Å². The molecular weight excluding hydrogens is 654 g/mol. The molecule has 1 saturated heterocycles. The Morgan fingerprint density at radius 1 is 0.941 bits per heavy atom. The smallest absolute Gasteiger partial charge is 0.286 e. The van der Waals surface area contributed by atoms with Gasteiger partial charge in [0.2, 0.25) is 29.4 Å². The number of carbonyl (C=O) groups is 5. The molecule has 3 aromatic rings. The fraction of sp³-hybridized carbons (Fsp3) is 0.514. The number of hydrogen-bond acceptors (Lipinski definition) is 10. The van der Waals surface area contributed by atoms with E-state index in [1.54, 1.807) is 26.0 Å². The lowest BCUT2D eigenvalue weighted by molar-refractivity contribution is -0.142. The number of nitrogens with one attached hydrogen (secondary N) is 3. The molecule has 0 bridgehead atoms. The highest BCUT2D eigenvalue weighted by Gasteiger charge is 2.40. The number of aromatic nitrogens is 3. The van der Waals surface area contributed by atoms with E-state index in [-0.39, 0.29) is 59.2 Å². The third kappa shape index (κ3) is 10.4. The summed E-state index contributed by atoms with van der Waals surface area (Å²) in [6.45, 7) is 11.4. The van der Waals surface area contributed by atoms with Crippen molar-refractivity contribution in [2.75, 3.05) is 6.54 Å². The minimum atomic E-state index is -0.956. The Labute approximate surface area is 298 Å². The number of ketones is 1. The van der Waals surface area contributed by atoms with Gasteiger partial charge in [0.05, 0.1) is 12.2 Å². The van der Waals surface area contributed by atoms with Crippen LogP contribution in [0.3, 0.4) is 0 Å². The van der Waals surface area contributed by atoms with E-state index in [0.29, 0.717) is 44.2 Å². The molecule has 1 fully saturated rings. The highest BCUT2D eigenvalue weighted by atomic mass is 16.4. The van der Waals surface area contributed by atoms with Crippen LogP contribution < -0.4 is 16.0 Å². The molecular formula is C37H49N7O7. The van der Waals surface area contributed by atoms with Crippen molar-refractivity contribution < 1.29 is 33.5 Å². The van der Waals surface area contributed by atoms with E-state index in [2.05, 4.69) is 31.1 Å². The molecule has 4 rings (SSSR count). The van der Waals surface area contributed by atoms with Crippen LogP contribution in [0.1, 0.15) is 101 Å². The summed E-state index contributed by atoms with van der Waals surface area (Å²) in [5.41, 5.74) is 0.290. The van der Waals surface area contributed by atoms with Crippen LogP contribution in [0.4, 0.5) is 0 Å². The van der Waals surface area contributed by atoms with Crippen molar-refractivity contribution in [1.29, 1.82) is 0 Å². The predicted octanol–water partition coefficient (Wildman–Crippen LogP) is 4.06. The molecule has 51 heavy (non-hydrogen) atoms. The van der Waals surface area contributed by atoms with Gasteiger partial charge in [-0.15, -0.1) is 10.2 Å². The van der Waals surface area contributed by atoms with Gasteiger partial charge in [-0.1, -0.05) is 52.3 Å². The van der Waals surface area contributed by atoms with Crippen molar-refractivity contribution in [2.45, 2.75) is 104 Å². The molecule has 3 atom stereocenters. The topological polar surface area (TPSA) is 197 Å². The summed E-state index contributed by atoms with van der Waals surface area (Å²) in [6.07, 6.45) is 4.19. The molecule has 4 amide bonds. The number of carbonyl (C=O) groups excluding carboxylic acids is 5. The summed E-state index contributed by atoms with van der Waals surface area (Å²) < 4.78 is 5.66. The maximum absolute atomic E-state index is 13.8. The first-order valence-corrected chi connectivity index (χ1v) is 17.5. The Morgan fingerprint density at radius 3 is 2.29 bits per heavy atom. The van der Waals surface area contributed by atoms with E-state index in [1.165, 1.54) is 23.2 Å². The third-order valence-electron chi connectivity index (χ3n) is 8.88. The van der Waals surface area contributed by atoms with Gasteiger partial charge in [-0.05, 0) is 75.6 Å². The first kappa shape index (κ1) is 38.7. The quantitative estimate of drug-likeness (QED) is 0.125. The molecule has 1 aliphatic rings. The van der Waals surface area contributed by atoms with E-state index in [1.807, 2.05) is 45.9 Å². The molecule has 0 saturated carbocycles. The Hall–Kier alpha value is -5.14. The molecule has 3 heterocycles. The number of aromatic hydroxyl groups is 1. The normalized spacial score (nSPS) is 15.8. The second-order valence-corrected chi connectivity index (χ2v) is 14.3. The maximum Gasteiger partial charge on any atom is 0.286 e. The first-order chi connectivity index (χ1) is 24.2. The summed E-state index contributed by atoms with van der Waals surface area (Å²) in [4.78, 5) is 71.9. The zero-order valence-corrected chi connectivity index (χ0v) is 30.1. The Morgan fingerprint density at radius 2 is 1.65 bits per heavy atom. The number of likely N-dealkylation sites (tertiary alicyclic amines) is 1. The summed E-state index contributed by atoms with van der Waals surface area (Å²) in [5, 5.41) is 26.0. The van der Waals surface area contributed by atoms with Crippen molar-refractivity contribution >= 4 is 29.4 Å². The van der Waals surface area contributed by atoms with Crippen LogP contribution in [0, 0.1) is 11.8 Å². The van der Waals surface area contributed by atoms with Crippen LogP contribution in [0.5, 0.6) is 5.75 Å². The summed E-state index contributed by atoms with van der Waals surface area (Å²) in [5.74, 6) is -2.56. The monoisotopic (exact) mass is 703 g/mol. The number of rotatable bonds is 16. The standard InChI is InChI=1S/C37H49N7O7/c1-22(2)29(31(47)35-43-42-34(51-35)24-13-8-7-9-14-24)40-33(49)27-15-12-20-44(27)36(50)30(23(3)4)39-28(46)16-10-11-19-37(5,6)41-32(48)26-18-17-25(45)21-38-26/h7-9,13-14,17-18,21-23,27,29-30,45H,10-12,15-16,19-20H2,1-6H3,(H,39,46)(H,40,49)(H,41,48)/t27-,29?,30?/m0/s1. The van der Waals surface area contributed by atoms with Gasteiger partial charge in [0.25, 0.3) is 11.8 Å². The number of amides is 4. The number of benzene rings is 1. The van der Waals surface area contributed by atoms with Crippen LogP contribution >= 0.6 is 0 Å². The van der Waals surface area contributed by atoms with Gasteiger partial charge >= 0.3 is 0 Å². The van der Waals surface area contributed by atoms with Gasteiger partial charge in [-0.25, -0.2) is 4.98 Å². The lowest BCUT2D eigenvalue weighted by Crippen LogP contribution is -2.57. The van der Waals surface area contributed by atoms with Gasteiger partial charge < -0.3 is 30.4 Å². The molecule has 0 spiro atoms. The highest BCUT2D eigenvalue weighted by molar-refractivity contribution is 6.00. The van der Waals surface area contributed by atoms with Crippen LogP contribution in [0.2, 0.25) is 0 Å². The second-order valence-electron chi connectivity index (χ2n) is 14.3. The maximum atomic E-state index is 13.8. The largest absolute Gasteiger partial charge is 0.506 e. The molecule has 1 aliphatic heterocycles. The average Bonchev–Trinajstić information content (AvgIpc) is 3.79. The molecule has 1 aromatic carbocycles. The summed E-state index contributed by atoms with van der Waals surface area (Å²) >= 11 is 0. The molecule has 2 aromatic heterocycles. The lowest BCUT2D eigenvalue weighted by atomic mass is 9.96. The lowest BCUT2D eigenvalue weighted by Gasteiger charge is -2.31. The van der Waals surface area contributed by atoms with Crippen molar-refractivity contribution in [1.82, 2.24) is 36.0 Å². The van der Waals surface area contributed by atoms with E-state index in [0.717, 1.165) is 0 Å². The molecule has 274 valence electrons. The predicted molar refractivity (Wildman–Crippen MR) is 188 cm³/mol. The minimum absolute atomic E-state index is 0.0278. The van der Waals surface area contributed by atoms with Crippen LogP contribution in [-0.2, 0) is 14.4 Å². The van der Waals surface area contributed by atoms with Crippen molar-refractivity contribution in [3.05, 3.63) is 60.2 Å². The highest BCUT2D eigenvalue weighted by Crippen LogP contribution is 2.23. The van der Waals surface area contributed by atoms with Gasteiger partial charge in [-0.2, -0.15) is 0 Å². The number of pyridine rings is 1. The minimum Gasteiger partial charge on any atom is -0.506 e. The average molecular weight is 704 g/mol. The Balaban J connectivity index is 1.30. The molecule has 0 aliphatic carbocycles. The fourth-order valence-corrected chi connectivity index (χ4v) is 5.99. The van der Waals surface area contributed by atoms with Crippen molar-refractivity contribution in [2.24, 2.45) is 11.8 Å². The second kappa shape index (κ2) is 17.2. The number of Topliss-reactive ketones (excluding diaryl/α,β-unsaturated/α-hetero) is 1. The van der Waals surface area contributed by atoms with Crippen molar-refractivity contribution in [3.8, 4) is 17.2 Å². The van der Waals surface area contributed by atoms with E-state index < -0.39 is 35.4 Å². The fourth-order valence-electron chi connectivity index (χ4n) is 5.99. The molecule has 14 nitrogen and oxygen atoms in total. The van der Waals surface area contributed by atoms with Crippen LogP contribution in [0.25, 0.3) is 11.5 Å². The van der Waals surface area contributed by atoms with E-state index in [4.69, 9.17) is 4.42 Å². The first-order valence-electron chi connectivity index (χ1n) is 17.5. The summed E-state index contributed by atoms with van der Waals surface area (Å²) in [7, 11) is 0. The third-order valence-corrected chi connectivity index (χ3v) is 8.88. The van der Waals surface area contributed by atoms with Gasteiger partial charge in [-0.3, -0.25) is 24.0 Å². The number of nitrogens with zero attached hydrogens (tertiary/aromatic N) is 4. The molecule has 2 unspecified atom stereocenters. The number of unbranched alkanes of at least 4 members (excludes halogenated alkanes) is 1.